The molecule has 1 N–H and O–H groups in total. The summed E-state index contributed by atoms with van der Waals surface area (Å²) in [5.41, 5.74) is 2.01. The predicted octanol–water partition coefficient (Wildman–Crippen LogP) is 1.52. The van der Waals surface area contributed by atoms with E-state index in [-0.39, 0.29) is 24.4 Å². The lowest BCUT2D eigenvalue weighted by molar-refractivity contribution is 0.0614. The number of nitrogens with one attached hydrogen (secondary N) is 1. The molecule has 0 saturated carbocycles. The van der Waals surface area contributed by atoms with Gasteiger partial charge in [-0.3, -0.25) is 4.79 Å². The summed E-state index contributed by atoms with van der Waals surface area (Å²) in [6.07, 6.45) is 3.65. The summed E-state index contributed by atoms with van der Waals surface area (Å²) in [5, 5.41) is 11.7. The Morgan fingerprint density at radius 3 is 2.74 bits per heavy atom. The highest BCUT2D eigenvalue weighted by Gasteiger charge is 2.33. The Labute approximate surface area is 163 Å². The van der Waals surface area contributed by atoms with Crippen molar-refractivity contribution in [1.82, 2.24) is 34.8 Å². The minimum atomic E-state index is -0.127. The molecule has 0 bridgehead atoms. The van der Waals surface area contributed by atoms with E-state index in [1.54, 1.807) is 10.9 Å². The summed E-state index contributed by atoms with van der Waals surface area (Å²) in [6.45, 7) is 3.90. The summed E-state index contributed by atoms with van der Waals surface area (Å²) in [5.74, 6) is 0.748. The van der Waals surface area contributed by atoms with E-state index in [0.29, 0.717) is 18.8 Å². The highest BCUT2D eigenvalue weighted by Crippen LogP contribution is 2.23. The van der Waals surface area contributed by atoms with Crippen LogP contribution in [0.1, 0.15) is 28.0 Å². The van der Waals surface area contributed by atoms with Crippen LogP contribution in [0.3, 0.4) is 0 Å². The van der Waals surface area contributed by atoms with Gasteiger partial charge in [0.15, 0.2) is 5.69 Å². The van der Waals surface area contributed by atoms with Crippen molar-refractivity contribution in [2.24, 2.45) is 7.05 Å². The molecule has 1 aliphatic heterocycles. The normalized spacial score (nSPS) is 16.8. The average Bonchev–Trinajstić information content (AvgIpc) is 3.27. The van der Waals surface area contributed by atoms with Gasteiger partial charge in [0.2, 0.25) is 0 Å². The van der Waals surface area contributed by atoms with Gasteiger partial charge in [-0.2, -0.15) is 0 Å². The maximum atomic E-state index is 13.2. The van der Waals surface area contributed by atoms with Gasteiger partial charge in [-0.05, 0) is 19.1 Å². The highest BCUT2D eigenvalue weighted by molar-refractivity contribution is 5.93. The number of amides is 1. The fourth-order valence-corrected chi connectivity index (χ4v) is 3.35. The van der Waals surface area contributed by atoms with Crippen molar-refractivity contribution in [2.45, 2.75) is 13.0 Å². The van der Waals surface area contributed by atoms with Crippen molar-refractivity contribution in [3.05, 3.63) is 59.9 Å². The van der Waals surface area contributed by atoms with Gasteiger partial charge in [0.25, 0.3) is 5.91 Å². The molecule has 1 aromatic carbocycles. The number of rotatable bonds is 3. The fraction of sp³-hybridized carbons (Fsp3) is 0.333. The molecule has 8 nitrogen and oxygen atoms in total. The average molecular weight is 388 g/mol. The first-order chi connectivity index (χ1) is 12.7. The minimum absolute atomic E-state index is 0. The Bertz CT molecular complexity index is 921. The molecule has 3 heterocycles. The van der Waals surface area contributed by atoms with E-state index in [9.17, 15) is 4.79 Å². The Balaban J connectivity index is 0.00000210. The van der Waals surface area contributed by atoms with Crippen molar-refractivity contribution in [2.75, 3.05) is 19.6 Å². The van der Waals surface area contributed by atoms with Crippen LogP contribution in [0.25, 0.3) is 5.69 Å². The first kappa shape index (κ1) is 19.1. The molecular formula is C18H22ClN7O. The molecule has 1 saturated heterocycles. The smallest absolute Gasteiger partial charge is 0.277 e. The molecule has 1 atom stereocenters. The number of aryl methyl sites for hydroxylation is 1. The van der Waals surface area contributed by atoms with Gasteiger partial charge in [0, 0.05) is 39.1 Å². The number of piperazine rings is 1. The first-order valence-corrected chi connectivity index (χ1v) is 8.63. The number of hydrogen-bond donors (Lipinski definition) is 1. The molecular weight excluding hydrogens is 366 g/mol. The monoisotopic (exact) mass is 387 g/mol. The standard InChI is InChI=1S/C18H21N7O.ClH/c1-13-16(21-22-25(13)14-6-4-3-5-7-14)18(26)24-11-8-19-12-15(24)17-20-9-10-23(17)2;/h3-7,9-10,15,19H,8,11-12H2,1-2H3;1H. The quantitative estimate of drug-likeness (QED) is 0.737. The van der Waals surface area contributed by atoms with Crippen molar-refractivity contribution < 1.29 is 4.79 Å². The van der Waals surface area contributed by atoms with E-state index in [0.717, 1.165) is 23.8 Å². The summed E-state index contributed by atoms with van der Waals surface area (Å²) in [4.78, 5) is 19.5. The van der Waals surface area contributed by atoms with Crippen LogP contribution in [0.15, 0.2) is 42.7 Å². The van der Waals surface area contributed by atoms with E-state index in [1.165, 1.54) is 0 Å². The maximum absolute atomic E-state index is 13.2. The summed E-state index contributed by atoms with van der Waals surface area (Å²) < 4.78 is 3.65. The highest BCUT2D eigenvalue weighted by atomic mass is 35.5. The van der Waals surface area contributed by atoms with Gasteiger partial charge in [-0.1, -0.05) is 23.4 Å². The summed E-state index contributed by atoms with van der Waals surface area (Å²) in [7, 11) is 1.94. The number of para-hydroxylation sites is 1. The largest absolute Gasteiger partial charge is 0.336 e. The minimum Gasteiger partial charge on any atom is -0.336 e. The zero-order valence-electron chi connectivity index (χ0n) is 15.2. The molecule has 3 aromatic rings. The van der Waals surface area contributed by atoms with Crippen LogP contribution in [0.4, 0.5) is 0 Å². The molecule has 0 spiro atoms. The van der Waals surface area contributed by atoms with Crippen molar-refractivity contribution in [1.29, 1.82) is 0 Å². The predicted molar refractivity (Wildman–Crippen MR) is 103 cm³/mol. The van der Waals surface area contributed by atoms with E-state index in [4.69, 9.17) is 0 Å². The second kappa shape index (κ2) is 7.89. The number of carbonyl (C=O) groups excluding carboxylic acids is 1. The third kappa shape index (κ3) is 3.45. The second-order valence-corrected chi connectivity index (χ2v) is 6.39. The lowest BCUT2D eigenvalue weighted by Crippen LogP contribution is -2.49. The summed E-state index contributed by atoms with van der Waals surface area (Å²) in [6, 6.07) is 9.57. The van der Waals surface area contributed by atoms with Gasteiger partial charge < -0.3 is 14.8 Å². The molecule has 0 radical (unpaired) electrons. The SMILES string of the molecule is Cc1c(C(=O)N2CCNCC2c2nccn2C)nnn1-c1ccccc1.Cl. The molecule has 4 rings (SSSR count). The van der Waals surface area contributed by atoms with E-state index < -0.39 is 0 Å². The first-order valence-electron chi connectivity index (χ1n) is 8.63. The van der Waals surface area contributed by atoms with Gasteiger partial charge in [0.1, 0.15) is 11.9 Å². The molecule has 1 fully saturated rings. The number of nitrogens with zero attached hydrogens (tertiary/aromatic N) is 6. The van der Waals surface area contributed by atoms with Crippen molar-refractivity contribution >= 4 is 18.3 Å². The van der Waals surface area contributed by atoms with Gasteiger partial charge in [0.05, 0.1) is 11.4 Å². The lowest BCUT2D eigenvalue weighted by atomic mass is 10.1. The Morgan fingerprint density at radius 2 is 2.04 bits per heavy atom. The maximum Gasteiger partial charge on any atom is 0.277 e. The van der Waals surface area contributed by atoms with Crippen molar-refractivity contribution in [3.63, 3.8) is 0 Å². The number of hydrogen-bond acceptors (Lipinski definition) is 5. The van der Waals surface area contributed by atoms with E-state index in [1.807, 2.05) is 60.0 Å². The molecule has 0 aliphatic carbocycles. The molecule has 9 heteroatoms. The number of benzene rings is 1. The Morgan fingerprint density at radius 1 is 1.26 bits per heavy atom. The van der Waals surface area contributed by atoms with Crippen LogP contribution in [-0.2, 0) is 7.05 Å². The number of aromatic nitrogens is 5. The van der Waals surface area contributed by atoms with Crippen LogP contribution in [0.5, 0.6) is 0 Å². The topological polar surface area (TPSA) is 80.9 Å². The van der Waals surface area contributed by atoms with Crippen molar-refractivity contribution in [3.8, 4) is 5.69 Å². The van der Waals surface area contributed by atoms with E-state index in [2.05, 4.69) is 20.6 Å². The fourth-order valence-electron chi connectivity index (χ4n) is 3.35. The Hall–Kier alpha value is -2.71. The second-order valence-electron chi connectivity index (χ2n) is 6.39. The molecule has 2 aromatic heterocycles. The van der Waals surface area contributed by atoms with Crippen LogP contribution >= 0.6 is 12.4 Å². The molecule has 1 unspecified atom stereocenters. The molecule has 142 valence electrons. The van der Waals surface area contributed by atoms with Crippen LogP contribution < -0.4 is 5.32 Å². The zero-order chi connectivity index (χ0) is 18.1. The third-order valence-electron chi connectivity index (χ3n) is 4.76. The van der Waals surface area contributed by atoms with Crippen LogP contribution in [0.2, 0.25) is 0 Å². The van der Waals surface area contributed by atoms with Crippen LogP contribution in [0, 0.1) is 6.92 Å². The number of carbonyl (C=O) groups is 1. The number of halogens is 1. The molecule has 1 amide bonds. The van der Waals surface area contributed by atoms with Gasteiger partial charge in [-0.15, -0.1) is 17.5 Å². The van der Waals surface area contributed by atoms with E-state index >= 15 is 0 Å². The van der Waals surface area contributed by atoms with Crippen LogP contribution in [-0.4, -0.2) is 55.0 Å². The molecule has 27 heavy (non-hydrogen) atoms. The lowest BCUT2D eigenvalue weighted by Gasteiger charge is -2.35. The third-order valence-corrected chi connectivity index (χ3v) is 4.76. The van der Waals surface area contributed by atoms with Gasteiger partial charge in [-0.25, -0.2) is 9.67 Å². The summed E-state index contributed by atoms with van der Waals surface area (Å²) >= 11 is 0. The molecule has 1 aliphatic rings. The Kier molecular flexibility index (Phi) is 5.57. The number of imidazole rings is 1. The van der Waals surface area contributed by atoms with Gasteiger partial charge >= 0.3 is 0 Å². The zero-order valence-corrected chi connectivity index (χ0v) is 16.1.